The van der Waals surface area contributed by atoms with Crippen molar-refractivity contribution >= 4 is 12.1 Å². The molecule has 16 atom stereocenters. The SMILES string of the molecule is NCCO[C@@H]1OC(CO)[C@@H](O[C@@H]2OC(CO[C@]3(C(=O)O)C[C@@H](O)[C@@H](NC(=O)OCc4cn(C(c5ccccc5)c5ccccc5)nn4)C([C@H](O)[C@H](O)CO)O3)[C@H](O)[C@H](O)C2O)[C@H](O)C1O. The summed E-state index contributed by atoms with van der Waals surface area (Å²) in [7, 11) is 0. The number of amides is 1. The number of hydrogen-bond acceptors (Lipinski definition) is 22. The Morgan fingerprint density at radius 1 is 0.877 bits per heavy atom. The topological polar surface area (TPSA) is 390 Å². The third-order valence-corrected chi connectivity index (χ3v) is 11.2. The van der Waals surface area contributed by atoms with Gasteiger partial charge >= 0.3 is 12.1 Å². The van der Waals surface area contributed by atoms with Crippen molar-refractivity contribution in [2.45, 2.75) is 117 Å². The Kier molecular flexibility index (Phi) is 17.3. The summed E-state index contributed by atoms with van der Waals surface area (Å²) in [4.78, 5) is 26.1. The van der Waals surface area contributed by atoms with E-state index in [9.17, 15) is 65.8 Å². The molecule has 25 nitrogen and oxygen atoms in total. The molecule has 2 aromatic carbocycles. The molecule has 0 bridgehead atoms. The van der Waals surface area contributed by atoms with Crippen molar-refractivity contribution in [1.82, 2.24) is 20.3 Å². The van der Waals surface area contributed by atoms with Gasteiger partial charge in [0.15, 0.2) is 12.6 Å². The Morgan fingerprint density at radius 2 is 1.51 bits per heavy atom. The lowest BCUT2D eigenvalue weighted by Gasteiger charge is -2.48. The number of carboxylic acid groups (broad SMARTS) is 1. The number of ether oxygens (including phenoxy) is 7. The van der Waals surface area contributed by atoms with Crippen LogP contribution in [0.4, 0.5) is 4.79 Å². The number of nitrogens with two attached hydrogens (primary N) is 1. The molecule has 14 N–H and O–H groups in total. The normalized spacial score (nSPS) is 33.9. The number of benzene rings is 2. The number of aliphatic carboxylic acids is 1. The first-order chi connectivity index (χ1) is 31.1. The molecule has 3 aromatic rings. The Labute approximate surface area is 370 Å². The zero-order valence-electron chi connectivity index (χ0n) is 34.6. The van der Waals surface area contributed by atoms with Crippen LogP contribution in [0.3, 0.4) is 0 Å². The number of aliphatic hydroxyl groups excluding tert-OH is 10. The fourth-order valence-electron chi connectivity index (χ4n) is 7.71. The molecule has 65 heavy (non-hydrogen) atoms. The minimum atomic E-state index is -2.95. The summed E-state index contributed by atoms with van der Waals surface area (Å²) in [5.41, 5.74) is 7.40. The number of nitrogens with zero attached hydrogens (tertiary/aromatic N) is 3. The second-order valence-corrected chi connectivity index (χ2v) is 15.6. The van der Waals surface area contributed by atoms with Crippen molar-refractivity contribution < 1.29 is 98.9 Å². The molecule has 0 aliphatic carbocycles. The lowest BCUT2D eigenvalue weighted by atomic mass is 9.88. The standard InChI is InChI=1S/C40H55N5O20/c41-11-12-59-36-33(55)31(53)34(24(16-47)62-36)64-37-32(54)30(52)29(51)25(63-37)18-61-40(38(56)57)13-22(48)26(35(65-40)28(50)23(49)15-46)42-39(58)60-17-21-14-45(44-43-21)27(19-7-3-1-4-8-19)20-9-5-2-6-10-20/h1-10,14,22-37,46-55H,11-13,15-18,41H2,(H,42,58)(H,56,57)/t22-,23-,24?,25?,26-,28-,29+,30+,31-,32?,33?,34-,35?,36-,37+,40-/m1/s1. The highest BCUT2D eigenvalue weighted by molar-refractivity contribution is 5.76. The molecule has 0 spiro atoms. The van der Waals surface area contributed by atoms with E-state index in [2.05, 4.69) is 15.6 Å². The number of carbonyl (C=O) groups is 2. The van der Waals surface area contributed by atoms with Crippen LogP contribution in [0.5, 0.6) is 0 Å². The molecule has 1 aromatic heterocycles. The van der Waals surface area contributed by atoms with Crippen molar-refractivity contribution in [1.29, 1.82) is 0 Å². The highest BCUT2D eigenvalue weighted by atomic mass is 16.8. The van der Waals surface area contributed by atoms with Crippen LogP contribution in [0.1, 0.15) is 29.3 Å². The molecule has 3 fully saturated rings. The van der Waals surface area contributed by atoms with Gasteiger partial charge in [-0.25, -0.2) is 14.3 Å². The predicted octanol–water partition coefficient (Wildman–Crippen LogP) is -5.22. The molecule has 0 radical (unpaired) electrons. The summed E-state index contributed by atoms with van der Waals surface area (Å²) in [5.74, 6) is -4.87. The Morgan fingerprint density at radius 3 is 2.11 bits per heavy atom. The molecule has 3 aliphatic rings. The zero-order valence-corrected chi connectivity index (χ0v) is 34.6. The summed E-state index contributed by atoms with van der Waals surface area (Å²) in [6.07, 6.45) is -26.8. The third-order valence-electron chi connectivity index (χ3n) is 11.2. The van der Waals surface area contributed by atoms with Crippen LogP contribution in [-0.2, 0) is 44.6 Å². The fourth-order valence-corrected chi connectivity index (χ4v) is 7.71. The zero-order chi connectivity index (χ0) is 47.0. The first kappa shape index (κ1) is 50.1. The van der Waals surface area contributed by atoms with Gasteiger partial charge in [0, 0.05) is 13.0 Å². The van der Waals surface area contributed by atoms with Crippen LogP contribution >= 0.6 is 0 Å². The van der Waals surface area contributed by atoms with Gasteiger partial charge in [0.1, 0.15) is 85.5 Å². The van der Waals surface area contributed by atoms with Crippen molar-refractivity contribution in [3.63, 3.8) is 0 Å². The number of nitrogens with one attached hydrogen (secondary N) is 1. The number of carbonyl (C=O) groups excluding carboxylic acids is 1. The molecule has 3 saturated heterocycles. The van der Waals surface area contributed by atoms with Crippen LogP contribution in [0.2, 0.25) is 0 Å². The molecule has 0 saturated carbocycles. The molecular formula is C40H55N5O20. The molecular weight excluding hydrogens is 870 g/mol. The van der Waals surface area contributed by atoms with Crippen LogP contribution in [0.25, 0.3) is 0 Å². The maximum Gasteiger partial charge on any atom is 0.407 e. The van der Waals surface area contributed by atoms with Gasteiger partial charge < -0.3 is 100 Å². The van der Waals surface area contributed by atoms with E-state index >= 15 is 0 Å². The van der Waals surface area contributed by atoms with Crippen LogP contribution < -0.4 is 11.1 Å². The molecule has 3 aliphatic heterocycles. The highest BCUT2D eigenvalue weighted by Crippen LogP contribution is 2.36. The van der Waals surface area contributed by atoms with E-state index in [1.165, 1.54) is 0 Å². The summed E-state index contributed by atoms with van der Waals surface area (Å²) < 4.78 is 40.2. The van der Waals surface area contributed by atoms with Crippen molar-refractivity contribution in [2.75, 3.05) is 33.0 Å². The first-order valence-corrected chi connectivity index (χ1v) is 20.6. The summed E-state index contributed by atoms with van der Waals surface area (Å²) in [6.45, 7) is -3.42. The number of aliphatic hydroxyl groups is 10. The molecule has 25 heteroatoms. The van der Waals surface area contributed by atoms with Gasteiger partial charge in [0.2, 0.25) is 0 Å². The lowest BCUT2D eigenvalue weighted by Crippen LogP contribution is -2.68. The summed E-state index contributed by atoms with van der Waals surface area (Å²) in [5, 5.41) is 127. The quantitative estimate of drug-likeness (QED) is 0.0534. The van der Waals surface area contributed by atoms with Crippen LogP contribution in [-0.4, -0.2) is 214 Å². The second-order valence-electron chi connectivity index (χ2n) is 15.6. The average molecular weight is 926 g/mol. The Hall–Kier alpha value is -4.36. The van der Waals surface area contributed by atoms with Gasteiger partial charge in [0.25, 0.3) is 5.79 Å². The van der Waals surface area contributed by atoms with Crippen molar-refractivity contribution in [3.8, 4) is 0 Å². The van der Waals surface area contributed by atoms with Crippen LogP contribution in [0, 0.1) is 0 Å². The number of carboxylic acids is 1. The van der Waals surface area contributed by atoms with E-state index < -0.39 is 149 Å². The van der Waals surface area contributed by atoms with Gasteiger partial charge in [-0.1, -0.05) is 65.9 Å². The minimum absolute atomic E-state index is 0.0306. The summed E-state index contributed by atoms with van der Waals surface area (Å²) >= 11 is 0. The number of rotatable bonds is 19. The third kappa shape index (κ3) is 11.4. The Bertz CT molecular complexity index is 1920. The van der Waals surface area contributed by atoms with Crippen molar-refractivity contribution in [3.05, 3.63) is 83.7 Å². The molecule has 360 valence electrons. The first-order valence-electron chi connectivity index (χ1n) is 20.6. The highest BCUT2D eigenvalue weighted by Gasteiger charge is 2.57. The monoisotopic (exact) mass is 925 g/mol. The smallest absolute Gasteiger partial charge is 0.407 e. The van der Waals surface area contributed by atoms with Gasteiger partial charge in [-0.15, -0.1) is 5.10 Å². The van der Waals surface area contributed by atoms with E-state index in [1.807, 2.05) is 60.7 Å². The van der Waals surface area contributed by atoms with E-state index in [1.54, 1.807) is 10.9 Å². The lowest BCUT2D eigenvalue weighted by molar-refractivity contribution is -0.367. The van der Waals surface area contributed by atoms with E-state index in [0.717, 1.165) is 11.1 Å². The molecule has 6 rings (SSSR count). The van der Waals surface area contributed by atoms with Gasteiger partial charge in [-0.2, -0.15) is 0 Å². The number of aromatic nitrogens is 3. The maximum absolute atomic E-state index is 13.2. The molecule has 5 unspecified atom stereocenters. The number of alkyl carbamates (subject to hydrolysis) is 1. The van der Waals surface area contributed by atoms with E-state index in [4.69, 9.17) is 38.9 Å². The van der Waals surface area contributed by atoms with Gasteiger partial charge in [-0.05, 0) is 11.1 Å². The van der Waals surface area contributed by atoms with Crippen molar-refractivity contribution in [2.24, 2.45) is 5.73 Å². The summed E-state index contributed by atoms with van der Waals surface area (Å²) in [6, 6.07) is 16.7. The van der Waals surface area contributed by atoms with E-state index in [0.29, 0.717) is 0 Å². The fraction of sp³-hybridized carbons (Fsp3) is 0.600. The Balaban J connectivity index is 1.13. The minimum Gasteiger partial charge on any atom is -0.477 e. The molecule has 1 amide bonds. The predicted molar refractivity (Wildman–Crippen MR) is 212 cm³/mol. The second kappa shape index (κ2) is 22.4. The van der Waals surface area contributed by atoms with Gasteiger partial charge in [0.05, 0.1) is 44.8 Å². The largest absolute Gasteiger partial charge is 0.477 e. The van der Waals surface area contributed by atoms with Crippen LogP contribution in [0.15, 0.2) is 66.9 Å². The maximum atomic E-state index is 13.2. The average Bonchev–Trinajstić information content (AvgIpc) is 3.78. The molecule has 4 heterocycles. The van der Waals surface area contributed by atoms with E-state index in [-0.39, 0.29) is 18.8 Å². The van der Waals surface area contributed by atoms with Gasteiger partial charge in [-0.3, -0.25) is 0 Å². The number of hydrogen-bond donors (Lipinski definition) is 13.